The van der Waals surface area contributed by atoms with Crippen LogP contribution in [0.25, 0.3) is 5.57 Å². The van der Waals surface area contributed by atoms with E-state index in [0.29, 0.717) is 0 Å². The molecule has 1 aromatic rings. The number of anilines is 1. The molecule has 1 aliphatic rings. The zero-order valence-corrected chi connectivity index (χ0v) is 15.3. The van der Waals surface area contributed by atoms with E-state index in [1.54, 1.807) is 0 Å². The molecule has 3 heteroatoms. The van der Waals surface area contributed by atoms with Gasteiger partial charge in [0.2, 0.25) is 0 Å². The fourth-order valence-electron chi connectivity index (χ4n) is 3.31. The van der Waals surface area contributed by atoms with Gasteiger partial charge in [-0.3, -0.25) is 0 Å². The Bertz CT molecular complexity index is 561. The molecule has 1 heterocycles. The van der Waals surface area contributed by atoms with E-state index in [1.807, 2.05) is 0 Å². The predicted molar refractivity (Wildman–Crippen MR) is 98.8 cm³/mol. The first-order valence-corrected chi connectivity index (χ1v) is 8.79. The van der Waals surface area contributed by atoms with E-state index in [-0.39, 0.29) is 5.54 Å². The van der Waals surface area contributed by atoms with E-state index in [0.717, 1.165) is 37.5 Å². The molecule has 22 heavy (non-hydrogen) atoms. The Balaban J connectivity index is 2.41. The molecule has 0 aliphatic carbocycles. The molecule has 0 radical (unpaired) electrons. The molecule has 0 atom stereocenters. The largest absolute Gasteiger partial charge is 0.362 e. The zero-order valence-electron chi connectivity index (χ0n) is 14.6. The lowest BCUT2D eigenvalue weighted by Gasteiger charge is -2.43. The second-order valence-corrected chi connectivity index (χ2v) is 7.18. The van der Waals surface area contributed by atoms with Crippen molar-refractivity contribution in [2.45, 2.75) is 59.5 Å². The summed E-state index contributed by atoms with van der Waals surface area (Å²) in [6.45, 7) is 14.1. The Morgan fingerprint density at radius 2 is 1.91 bits per heavy atom. The third-order valence-electron chi connectivity index (χ3n) is 4.34. The van der Waals surface area contributed by atoms with Gasteiger partial charge in [-0.25, -0.2) is 0 Å². The summed E-state index contributed by atoms with van der Waals surface area (Å²) in [6.07, 6.45) is 4.65. The van der Waals surface area contributed by atoms with Gasteiger partial charge in [0.25, 0.3) is 0 Å². The van der Waals surface area contributed by atoms with Crippen LogP contribution in [0.15, 0.2) is 18.2 Å². The van der Waals surface area contributed by atoms with Gasteiger partial charge in [0.1, 0.15) is 0 Å². The number of nitrogens with one attached hydrogen (secondary N) is 1. The summed E-state index contributed by atoms with van der Waals surface area (Å²) in [5.74, 6) is 0. The molecule has 1 N–H and O–H groups in total. The molecule has 0 amide bonds. The van der Waals surface area contributed by atoms with Gasteiger partial charge in [0.05, 0.1) is 5.54 Å². The van der Waals surface area contributed by atoms with Crippen LogP contribution in [0.1, 0.15) is 58.6 Å². The number of rotatable bonds is 6. The fraction of sp³-hybridized carbons (Fsp3) is 0.579. The highest BCUT2D eigenvalue weighted by molar-refractivity contribution is 6.31. The Hall–Kier alpha value is -0.990. The highest BCUT2D eigenvalue weighted by Crippen LogP contribution is 2.41. The van der Waals surface area contributed by atoms with Crippen molar-refractivity contribution in [1.82, 2.24) is 5.32 Å². The summed E-state index contributed by atoms with van der Waals surface area (Å²) in [7, 11) is 0. The average Bonchev–Trinajstić information content (AvgIpc) is 2.44. The van der Waals surface area contributed by atoms with Crippen molar-refractivity contribution in [1.29, 1.82) is 0 Å². The van der Waals surface area contributed by atoms with Gasteiger partial charge in [-0.2, -0.15) is 0 Å². The van der Waals surface area contributed by atoms with E-state index in [2.05, 4.69) is 63.0 Å². The maximum atomic E-state index is 6.56. The molecular formula is C19H29ClN2. The molecular weight excluding hydrogens is 292 g/mol. The second kappa shape index (κ2) is 7.06. The minimum absolute atomic E-state index is 0.0401. The predicted octanol–water partition coefficient (Wildman–Crippen LogP) is 5.25. The Kier molecular flexibility index (Phi) is 5.57. The summed E-state index contributed by atoms with van der Waals surface area (Å²) in [5.41, 5.74) is 5.18. The lowest BCUT2D eigenvalue weighted by Crippen LogP contribution is -2.45. The number of benzene rings is 1. The van der Waals surface area contributed by atoms with Crippen LogP contribution in [0.3, 0.4) is 0 Å². The first-order valence-electron chi connectivity index (χ1n) is 8.41. The summed E-state index contributed by atoms with van der Waals surface area (Å²) in [5, 5.41) is 4.32. The van der Waals surface area contributed by atoms with Crippen LogP contribution in [0.4, 0.5) is 5.69 Å². The van der Waals surface area contributed by atoms with Gasteiger partial charge in [0.15, 0.2) is 0 Å². The third-order valence-corrected chi connectivity index (χ3v) is 4.69. The molecule has 0 spiro atoms. The molecule has 0 unspecified atom stereocenters. The molecule has 0 saturated carbocycles. The lowest BCUT2D eigenvalue weighted by atomic mass is 9.88. The topological polar surface area (TPSA) is 15.3 Å². The van der Waals surface area contributed by atoms with Gasteiger partial charge in [0, 0.05) is 29.4 Å². The molecule has 0 fully saturated rings. The van der Waals surface area contributed by atoms with Crippen LogP contribution in [0.2, 0.25) is 5.02 Å². The van der Waals surface area contributed by atoms with Gasteiger partial charge in [-0.1, -0.05) is 31.5 Å². The Morgan fingerprint density at radius 3 is 2.55 bits per heavy atom. The molecule has 0 bridgehead atoms. The van der Waals surface area contributed by atoms with Gasteiger partial charge in [-0.15, -0.1) is 0 Å². The van der Waals surface area contributed by atoms with Crippen molar-refractivity contribution < 1.29 is 0 Å². The minimum atomic E-state index is 0.0401. The van der Waals surface area contributed by atoms with Crippen molar-refractivity contribution in [2.75, 3.05) is 18.0 Å². The molecule has 0 aromatic heterocycles. The van der Waals surface area contributed by atoms with Crippen LogP contribution in [0.5, 0.6) is 0 Å². The van der Waals surface area contributed by atoms with Gasteiger partial charge in [-0.05, 0) is 63.4 Å². The van der Waals surface area contributed by atoms with E-state index in [9.17, 15) is 0 Å². The number of allylic oxidation sites excluding steroid dienone is 1. The van der Waals surface area contributed by atoms with Crippen molar-refractivity contribution >= 4 is 22.9 Å². The maximum absolute atomic E-state index is 6.56. The molecule has 1 aliphatic heterocycles. The van der Waals surface area contributed by atoms with E-state index in [4.69, 9.17) is 11.6 Å². The first-order chi connectivity index (χ1) is 10.4. The van der Waals surface area contributed by atoms with Crippen molar-refractivity contribution in [3.05, 3.63) is 34.4 Å². The van der Waals surface area contributed by atoms with Gasteiger partial charge < -0.3 is 10.2 Å². The van der Waals surface area contributed by atoms with Crippen LogP contribution < -0.4 is 10.2 Å². The molecule has 122 valence electrons. The van der Waals surface area contributed by atoms with E-state index >= 15 is 0 Å². The third kappa shape index (κ3) is 3.49. The summed E-state index contributed by atoms with van der Waals surface area (Å²) >= 11 is 6.56. The zero-order chi connectivity index (χ0) is 16.3. The maximum Gasteiger partial charge on any atom is 0.0534 e. The Morgan fingerprint density at radius 1 is 1.18 bits per heavy atom. The molecule has 2 rings (SSSR count). The molecule has 1 aromatic carbocycles. The van der Waals surface area contributed by atoms with E-state index in [1.165, 1.54) is 22.4 Å². The molecule has 2 nitrogen and oxygen atoms in total. The quantitative estimate of drug-likeness (QED) is 0.720. The first kappa shape index (κ1) is 17.4. The number of nitrogens with zero attached hydrogens (tertiary/aromatic N) is 1. The van der Waals surface area contributed by atoms with Gasteiger partial charge >= 0.3 is 0 Å². The van der Waals surface area contributed by atoms with Crippen LogP contribution in [-0.4, -0.2) is 18.6 Å². The summed E-state index contributed by atoms with van der Waals surface area (Å²) < 4.78 is 0. The highest BCUT2D eigenvalue weighted by Gasteiger charge is 2.31. The highest BCUT2D eigenvalue weighted by atomic mass is 35.5. The average molecular weight is 321 g/mol. The Labute approximate surface area is 140 Å². The standard InChI is InChI=1S/C19H29ClN2/c1-6-8-21-13-15-10-16-14(3)12-19(4,5)22(9-7-2)18(16)11-17(15)20/h10-12,21H,6-9,13H2,1-5H3. The van der Waals surface area contributed by atoms with E-state index < -0.39 is 0 Å². The number of hydrogen-bond acceptors (Lipinski definition) is 2. The minimum Gasteiger partial charge on any atom is -0.362 e. The van der Waals surface area contributed by atoms with Crippen LogP contribution >= 0.6 is 11.6 Å². The number of fused-ring (bicyclic) bond motifs is 1. The van der Waals surface area contributed by atoms with Crippen LogP contribution in [0, 0.1) is 0 Å². The second-order valence-electron chi connectivity index (χ2n) is 6.77. The smallest absolute Gasteiger partial charge is 0.0534 e. The summed E-state index contributed by atoms with van der Waals surface area (Å²) in [6, 6.07) is 4.43. The molecule has 0 saturated heterocycles. The van der Waals surface area contributed by atoms with Crippen LogP contribution in [-0.2, 0) is 6.54 Å². The normalized spacial score (nSPS) is 16.5. The monoisotopic (exact) mass is 320 g/mol. The van der Waals surface area contributed by atoms with Crippen molar-refractivity contribution in [2.24, 2.45) is 0 Å². The van der Waals surface area contributed by atoms with Crippen molar-refractivity contribution in [3.63, 3.8) is 0 Å². The number of hydrogen-bond donors (Lipinski definition) is 1. The SMILES string of the molecule is CCCNCc1cc2c(cc1Cl)N(CCC)C(C)(C)C=C2C. The van der Waals surface area contributed by atoms with Crippen molar-refractivity contribution in [3.8, 4) is 0 Å². The number of halogens is 1. The fourth-order valence-corrected chi connectivity index (χ4v) is 3.53. The lowest BCUT2D eigenvalue weighted by molar-refractivity contribution is 0.550. The summed E-state index contributed by atoms with van der Waals surface area (Å²) in [4.78, 5) is 2.48.